The first-order chi connectivity index (χ1) is 11.6. The number of nitrogens with one attached hydrogen (secondary N) is 1. The van der Waals surface area contributed by atoms with Gasteiger partial charge in [-0.05, 0) is 25.0 Å². The number of carbonyl (C=O) groups excluding carboxylic acids is 2. The second-order valence-corrected chi connectivity index (χ2v) is 5.86. The van der Waals surface area contributed by atoms with Gasteiger partial charge in [-0.15, -0.1) is 0 Å². The van der Waals surface area contributed by atoms with Crippen LogP contribution in [0.4, 0.5) is 0 Å². The molecule has 0 bridgehead atoms. The van der Waals surface area contributed by atoms with E-state index in [-0.39, 0.29) is 17.5 Å². The molecule has 0 saturated carbocycles. The van der Waals surface area contributed by atoms with E-state index >= 15 is 0 Å². The lowest BCUT2D eigenvalue weighted by Gasteiger charge is -2.30. The van der Waals surface area contributed by atoms with Crippen molar-refractivity contribution in [2.24, 2.45) is 5.73 Å². The van der Waals surface area contributed by atoms with Crippen molar-refractivity contribution < 1.29 is 9.59 Å². The van der Waals surface area contributed by atoms with Crippen molar-refractivity contribution in [1.29, 1.82) is 0 Å². The van der Waals surface area contributed by atoms with Crippen LogP contribution in [-0.2, 0) is 6.42 Å². The molecule has 0 aromatic carbocycles. The molecule has 126 valence electrons. The molecule has 0 unspecified atom stereocenters. The predicted molar refractivity (Wildman–Crippen MR) is 86.4 cm³/mol. The van der Waals surface area contributed by atoms with Gasteiger partial charge in [-0.25, -0.2) is 4.98 Å². The molecule has 3 N–H and O–H groups in total. The Kier molecular flexibility index (Phi) is 4.54. The number of aryl methyl sites for hydroxylation is 1. The van der Waals surface area contributed by atoms with Crippen molar-refractivity contribution in [1.82, 2.24) is 25.1 Å². The van der Waals surface area contributed by atoms with Crippen molar-refractivity contribution in [2.75, 3.05) is 13.1 Å². The predicted octanol–water partition coefficient (Wildman–Crippen LogP) is 0.881. The molecular formula is C16H20N6O2. The third-order valence-corrected chi connectivity index (χ3v) is 4.29. The normalized spacial score (nSPS) is 15.5. The number of nitrogens with two attached hydrogens (primary N) is 1. The molecule has 24 heavy (non-hydrogen) atoms. The second-order valence-electron chi connectivity index (χ2n) is 5.86. The molecule has 0 aliphatic carbocycles. The van der Waals surface area contributed by atoms with Crippen LogP contribution in [0, 0.1) is 0 Å². The van der Waals surface area contributed by atoms with Crippen LogP contribution in [0.1, 0.15) is 58.2 Å². The molecule has 2 amide bonds. The van der Waals surface area contributed by atoms with Gasteiger partial charge in [0.25, 0.3) is 11.8 Å². The van der Waals surface area contributed by atoms with Crippen LogP contribution < -0.4 is 5.73 Å². The molecule has 1 saturated heterocycles. The van der Waals surface area contributed by atoms with E-state index in [1.54, 1.807) is 11.0 Å². The zero-order valence-corrected chi connectivity index (χ0v) is 13.5. The fourth-order valence-electron chi connectivity index (χ4n) is 2.84. The van der Waals surface area contributed by atoms with Gasteiger partial charge in [0.15, 0.2) is 5.82 Å². The Hall–Kier alpha value is -2.77. The smallest absolute Gasteiger partial charge is 0.267 e. The third-order valence-electron chi connectivity index (χ3n) is 4.29. The number of piperidine rings is 1. The van der Waals surface area contributed by atoms with E-state index in [1.807, 2.05) is 6.92 Å². The first kappa shape index (κ1) is 16.1. The van der Waals surface area contributed by atoms with E-state index in [1.165, 1.54) is 12.3 Å². The summed E-state index contributed by atoms with van der Waals surface area (Å²) < 4.78 is 0. The van der Waals surface area contributed by atoms with E-state index < -0.39 is 5.91 Å². The van der Waals surface area contributed by atoms with E-state index in [9.17, 15) is 9.59 Å². The summed E-state index contributed by atoms with van der Waals surface area (Å²) in [7, 11) is 0. The monoisotopic (exact) mass is 328 g/mol. The summed E-state index contributed by atoms with van der Waals surface area (Å²) in [6.45, 7) is 3.33. The van der Waals surface area contributed by atoms with Crippen molar-refractivity contribution in [3.8, 4) is 0 Å². The topological polar surface area (TPSA) is 118 Å². The summed E-state index contributed by atoms with van der Waals surface area (Å²) in [4.78, 5) is 33.7. The number of hydrogen-bond donors (Lipinski definition) is 2. The Morgan fingerprint density at radius 1 is 1.33 bits per heavy atom. The third kappa shape index (κ3) is 3.27. The first-order valence-corrected chi connectivity index (χ1v) is 8.04. The van der Waals surface area contributed by atoms with E-state index in [0.717, 1.165) is 30.9 Å². The molecule has 8 heteroatoms. The largest absolute Gasteiger partial charge is 0.364 e. The average molecular weight is 328 g/mol. The quantitative estimate of drug-likeness (QED) is 0.864. The van der Waals surface area contributed by atoms with Gasteiger partial charge in [-0.1, -0.05) is 6.92 Å². The maximum Gasteiger partial charge on any atom is 0.267 e. The molecule has 3 rings (SSSR count). The highest BCUT2D eigenvalue weighted by Gasteiger charge is 2.27. The van der Waals surface area contributed by atoms with Gasteiger partial charge in [0, 0.05) is 31.6 Å². The number of nitrogens with zero attached hydrogens (tertiary/aromatic N) is 4. The van der Waals surface area contributed by atoms with Gasteiger partial charge in [0.05, 0.1) is 5.56 Å². The molecule has 1 aliphatic rings. The van der Waals surface area contributed by atoms with E-state index in [0.29, 0.717) is 18.7 Å². The molecule has 0 atom stereocenters. The van der Waals surface area contributed by atoms with E-state index in [2.05, 4.69) is 20.2 Å². The Morgan fingerprint density at radius 2 is 2.08 bits per heavy atom. The van der Waals surface area contributed by atoms with Crippen LogP contribution in [-0.4, -0.2) is 50.0 Å². The maximum atomic E-state index is 12.5. The lowest BCUT2D eigenvalue weighted by molar-refractivity contribution is 0.0710. The van der Waals surface area contributed by atoms with Crippen LogP contribution in [0.15, 0.2) is 18.3 Å². The average Bonchev–Trinajstić information content (AvgIpc) is 3.10. The fourth-order valence-corrected chi connectivity index (χ4v) is 2.84. The van der Waals surface area contributed by atoms with Gasteiger partial charge in [-0.3, -0.25) is 19.7 Å². The Bertz CT molecular complexity index is 731. The number of pyridine rings is 1. The molecule has 2 aromatic heterocycles. The molecule has 8 nitrogen and oxygen atoms in total. The van der Waals surface area contributed by atoms with Crippen LogP contribution in [0.2, 0.25) is 0 Å². The summed E-state index contributed by atoms with van der Waals surface area (Å²) in [5.41, 5.74) is 5.77. The highest BCUT2D eigenvalue weighted by molar-refractivity contribution is 5.95. The number of likely N-dealkylation sites (tertiary alicyclic amines) is 1. The molecule has 1 aliphatic heterocycles. The Morgan fingerprint density at radius 3 is 2.62 bits per heavy atom. The Labute approximate surface area is 139 Å². The number of rotatable bonds is 4. The molecule has 0 radical (unpaired) electrons. The minimum atomic E-state index is -0.604. The highest BCUT2D eigenvalue weighted by Crippen LogP contribution is 2.26. The number of aromatic amines is 1. The fraction of sp³-hybridized carbons (Fsp3) is 0.438. The highest BCUT2D eigenvalue weighted by atomic mass is 16.2. The minimum Gasteiger partial charge on any atom is -0.364 e. The lowest BCUT2D eigenvalue weighted by atomic mass is 9.96. The van der Waals surface area contributed by atoms with Gasteiger partial charge >= 0.3 is 0 Å². The lowest BCUT2D eigenvalue weighted by Crippen LogP contribution is -2.38. The van der Waals surface area contributed by atoms with Crippen molar-refractivity contribution in [2.45, 2.75) is 32.1 Å². The van der Waals surface area contributed by atoms with E-state index in [4.69, 9.17) is 5.73 Å². The summed E-state index contributed by atoms with van der Waals surface area (Å²) in [6.07, 6.45) is 3.90. The van der Waals surface area contributed by atoms with Crippen molar-refractivity contribution >= 4 is 11.8 Å². The van der Waals surface area contributed by atoms with Crippen LogP contribution in [0.25, 0.3) is 0 Å². The number of H-pyrrole nitrogens is 1. The number of amides is 2. The number of carbonyl (C=O) groups is 2. The van der Waals surface area contributed by atoms with Gasteiger partial charge in [-0.2, -0.15) is 5.10 Å². The second kappa shape index (κ2) is 6.77. The SMILES string of the molecule is CCc1nc(C2CCN(C(=O)c3ccc(C(N)=O)nc3)CC2)n[nH]1. The first-order valence-electron chi connectivity index (χ1n) is 8.04. The van der Waals surface area contributed by atoms with Gasteiger partial charge in [0.1, 0.15) is 11.5 Å². The zero-order valence-electron chi connectivity index (χ0n) is 13.5. The standard InChI is InChI=1S/C16H20N6O2/c1-2-13-19-15(21-20-13)10-5-7-22(8-6-10)16(24)11-3-4-12(14(17)23)18-9-11/h3-4,9-10H,2,5-8H2,1H3,(H2,17,23)(H,19,20,21). The van der Waals surface area contributed by atoms with Crippen LogP contribution in [0.5, 0.6) is 0 Å². The van der Waals surface area contributed by atoms with Crippen LogP contribution in [0.3, 0.4) is 0 Å². The summed E-state index contributed by atoms with van der Waals surface area (Å²) in [5, 5.41) is 7.21. The Balaban J connectivity index is 1.61. The summed E-state index contributed by atoms with van der Waals surface area (Å²) in [6, 6.07) is 3.06. The molecular weight excluding hydrogens is 308 g/mol. The van der Waals surface area contributed by atoms with Crippen LogP contribution >= 0.6 is 0 Å². The van der Waals surface area contributed by atoms with Crippen molar-refractivity contribution in [3.63, 3.8) is 0 Å². The molecule has 3 heterocycles. The molecule has 1 fully saturated rings. The minimum absolute atomic E-state index is 0.0822. The number of hydrogen-bond acceptors (Lipinski definition) is 5. The zero-order chi connectivity index (χ0) is 17.1. The number of primary amides is 1. The van der Waals surface area contributed by atoms with Crippen molar-refractivity contribution in [3.05, 3.63) is 41.2 Å². The summed E-state index contributed by atoms with van der Waals surface area (Å²) in [5.74, 6) is 1.32. The van der Waals surface area contributed by atoms with Gasteiger partial charge < -0.3 is 10.6 Å². The van der Waals surface area contributed by atoms with Gasteiger partial charge in [0.2, 0.25) is 0 Å². The maximum absolute atomic E-state index is 12.5. The summed E-state index contributed by atoms with van der Waals surface area (Å²) >= 11 is 0. The molecule has 2 aromatic rings. The molecule has 0 spiro atoms. The number of aromatic nitrogens is 4.